The van der Waals surface area contributed by atoms with Gasteiger partial charge >= 0.3 is 0 Å². The summed E-state index contributed by atoms with van der Waals surface area (Å²) in [6.45, 7) is 4.21. The van der Waals surface area contributed by atoms with E-state index < -0.39 is 0 Å². The van der Waals surface area contributed by atoms with Crippen molar-refractivity contribution < 1.29 is 19.1 Å². The van der Waals surface area contributed by atoms with Crippen molar-refractivity contribution >= 4 is 17.5 Å². The van der Waals surface area contributed by atoms with Crippen LogP contribution in [0.15, 0.2) is 24.3 Å². The number of nitrogens with one attached hydrogen (secondary N) is 2. The van der Waals surface area contributed by atoms with Gasteiger partial charge in [0.1, 0.15) is 5.75 Å². The molecule has 0 aliphatic heterocycles. The Labute approximate surface area is 149 Å². The van der Waals surface area contributed by atoms with Crippen LogP contribution in [0.5, 0.6) is 5.75 Å². The minimum Gasteiger partial charge on any atom is -0.495 e. The van der Waals surface area contributed by atoms with Gasteiger partial charge < -0.3 is 20.1 Å². The van der Waals surface area contributed by atoms with Gasteiger partial charge in [0.2, 0.25) is 11.8 Å². The van der Waals surface area contributed by atoms with Crippen LogP contribution < -0.4 is 15.4 Å². The number of methoxy groups -OCH3 is 2. The third-order valence-corrected chi connectivity index (χ3v) is 3.50. The highest BCUT2D eigenvalue weighted by molar-refractivity contribution is 5.94. The fourth-order valence-corrected chi connectivity index (χ4v) is 2.37. The monoisotopic (exact) mass is 351 g/mol. The zero-order valence-electron chi connectivity index (χ0n) is 15.3. The van der Waals surface area contributed by atoms with Crippen LogP contribution in [0.4, 0.5) is 5.69 Å². The van der Waals surface area contributed by atoms with Crippen LogP contribution >= 0.6 is 0 Å². The Balaban J connectivity index is 2.50. The quantitative estimate of drug-likeness (QED) is 0.558. The van der Waals surface area contributed by atoms with E-state index in [0.29, 0.717) is 31.1 Å². The Hall–Kier alpha value is -2.12. The van der Waals surface area contributed by atoms with Gasteiger partial charge in [0.25, 0.3) is 0 Å². The SMILES string of the molecule is CCCN(CC(=O)NCCCOC)CC(=O)Nc1ccccc1OC. The maximum absolute atomic E-state index is 12.3. The van der Waals surface area contributed by atoms with E-state index in [4.69, 9.17) is 9.47 Å². The first-order valence-corrected chi connectivity index (χ1v) is 8.51. The van der Waals surface area contributed by atoms with Crippen LogP contribution in [0.25, 0.3) is 0 Å². The van der Waals surface area contributed by atoms with E-state index in [2.05, 4.69) is 10.6 Å². The Morgan fingerprint density at radius 2 is 1.84 bits per heavy atom. The van der Waals surface area contributed by atoms with Gasteiger partial charge in [-0.25, -0.2) is 0 Å². The Bertz CT molecular complexity index is 537. The van der Waals surface area contributed by atoms with Gasteiger partial charge in [-0.1, -0.05) is 19.1 Å². The lowest BCUT2D eigenvalue weighted by molar-refractivity contribution is -0.123. The predicted octanol–water partition coefficient (Wildman–Crippen LogP) is 1.50. The van der Waals surface area contributed by atoms with Gasteiger partial charge in [-0.05, 0) is 31.5 Å². The average Bonchev–Trinajstić information content (AvgIpc) is 2.59. The second-order valence-corrected chi connectivity index (χ2v) is 5.66. The van der Waals surface area contributed by atoms with E-state index in [-0.39, 0.29) is 24.9 Å². The van der Waals surface area contributed by atoms with Crippen LogP contribution in [-0.2, 0) is 14.3 Å². The zero-order valence-corrected chi connectivity index (χ0v) is 15.3. The number of hydrogen-bond donors (Lipinski definition) is 2. The largest absolute Gasteiger partial charge is 0.495 e. The summed E-state index contributed by atoms with van der Waals surface area (Å²) in [6.07, 6.45) is 1.63. The Morgan fingerprint density at radius 1 is 1.12 bits per heavy atom. The molecule has 1 aromatic rings. The van der Waals surface area contributed by atoms with E-state index in [0.717, 1.165) is 12.8 Å². The highest BCUT2D eigenvalue weighted by Crippen LogP contribution is 2.22. The molecule has 0 aromatic heterocycles. The molecule has 0 radical (unpaired) electrons. The van der Waals surface area contributed by atoms with Gasteiger partial charge in [0.05, 0.1) is 25.9 Å². The molecule has 140 valence electrons. The fraction of sp³-hybridized carbons (Fsp3) is 0.556. The summed E-state index contributed by atoms with van der Waals surface area (Å²) in [7, 11) is 3.19. The molecule has 0 fully saturated rings. The van der Waals surface area contributed by atoms with Crippen molar-refractivity contribution in [2.24, 2.45) is 0 Å². The molecular weight excluding hydrogens is 322 g/mol. The highest BCUT2D eigenvalue weighted by Gasteiger charge is 2.15. The third-order valence-electron chi connectivity index (χ3n) is 3.50. The van der Waals surface area contributed by atoms with E-state index in [1.807, 2.05) is 24.0 Å². The third kappa shape index (κ3) is 8.51. The van der Waals surface area contributed by atoms with Crippen molar-refractivity contribution in [2.45, 2.75) is 19.8 Å². The van der Waals surface area contributed by atoms with E-state index in [1.54, 1.807) is 26.4 Å². The molecule has 7 heteroatoms. The standard InChI is InChI=1S/C18H29N3O4/c1-4-11-21(13-17(22)19-10-7-12-24-2)14-18(23)20-15-8-5-6-9-16(15)25-3/h5-6,8-9H,4,7,10-14H2,1-3H3,(H,19,22)(H,20,23). The summed E-state index contributed by atoms with van der Waals surface area (Å²) in [6, 6.07) is 7.23. The van der Waals surface area contributed by atoms with Crippen LogP contribution in [-0.4, -0.2) is 63.7 Å². The zero-order chi connectivity index (χ0) is 18.5. The number of benzene rings is 1. The number of rotatable bonds is 12. The van der Waals surface area contributed by atoms with Crippen LogP contribution in [0.1, 0.15) is 19.8 Å². The van der Waals surface area contributed by atoms with Crippen molar-refractivity contribution in [2.75, 3.05) is 52.3 Å². The molecule has 7 nitrogen and oxygen atoms in total. The molecule has 2 N–H and O–H groups in total. The van der Waals surface area contributed by atoms with Crippen molar-refractivity contribution in [3.05, 3.63) is 24.3 Å². The molecule has 25 heavy (non-hydrogen) atoms. The van der Waals surface area contributed by atoms with Crippen LogP contribution in [0.3, 0.4) is 0 Å². The Morgan fingerprint density at radius 3 is 2.52 bits per heavy atom. The minimum absolute atomic E-state index is 0.0883. The first-order valence-electron chi connectivity index (χ1n) is 8.51. The molecule has 0 heterocycles. The highest BCUT2D eigenvalue weighted by atomic mass is 16.5. The molecule has 0 atom stereocenters. The number of hydrogen-bond acceptors (Lipinski definition) is 5. The van der Waals surface area contributed by atoms with Crippen molar-refractivity contribution in [1.82, 2.24) is 10.2 Å². The first kappa shape index (κ1) is 20.9. The molecule has 0 bridgehead atoms. The maximum Gasteiger partial charge on any atom is 0.238 e. The van der Waals surface area contributed by atoms with E-state index >= 15 is 0 Å². The molecule has 0 unspecified atom stereocenters. The first-order chi connectivity index (χ1) is 12.1. The van der Waals surface area contributed by atoms with Gasteiger partial charge in [0.15, 0.2) is 0 Å². The summed E-state index contributed by atoms with van der Waals surface area (Å²) in [5, 5.41) is 5.66. The number of nitrogens with zero attached hydrogens (tertiary/aromatic N) is 1. The van der Waals surface area contributed by atoms with Gasteiger partial charge in [-0.3, -0.25) is 14.5 Å². The van der Waals surface area contributed by atoms with Crippen molar-refractivity contribution in [1.29, 1.82) is 0 Å². The Kier molecular flexibility index (Phi) is 10.3. The normalized spacial score (nSPS) is 10.6. The molecule has 0 aliphatic rings. The van der Waals surface area contributed by atoms with Crippen LogP contribution in [0.2, 0.25) is 0 Å². The topological polar surface area (TPSA) is 79.9 Å². The minimum atomic E-state index is -0.176. The second kappa shape index (κ2) is 12.3. The summed E-state index contributed by atoms with van der Waals surface area (Å²) in [5.74, 6) is 0.341. The van der Waals surface area contributed by atoms with Crippen molar-refractivity contribution in [3.8, 4) is 5.75 Å². The molecule has 1 rings (SSSR count). The lowest BCUT2D eigenvalue weighted by atomic mass is 10.3. The average molecular weight is 351 g/mol. The summed E-state index contributed by atoms with van der Waals surface area (Å²) >= 11 is 0. The maximum atomic E-state index is 12.3. The van der Waals surface area contributed by atoms with Crippen molar-refractivity contribution in [3.63, 3.8) is 0 Å². The molecular formula is C18H29N3O4. The smallest absolute Gasteiger partial charge is 0.238 e. The molecule has 0 aliphatic carbocycles. The molecule has 0 saturated carbocycles. The van der Waals surface area contributed by atoms with Crippen LogP contribution in [0, 0.1) is 0 Å². The van der Waals surface area contributed by atoms with Gasteiger partial charge in [0, 0.05) is 20.3 Å². The number of para-hydroxylation sites is 2. The second-order valence-electron chi connectivity index (χ2n) is 5.66. The van der Waals surface area contributed by atoms with Gasteiger partial charge in [-0.2, -0.15) is 0 Å². The lowest BCUT2D eigenvalue weighted by Crippen LogP contribution is -2.41. The fourth-order valence-electron chi connectivity index (χ4n) is 2.37. The number of carbonyl (C=O) groups excluding carboxylic acids is 2. The molecule has 0 saturated heterocycles. The number of amides is 2. The summed E-state index contributed by atoms with van der Waals surface area (Å²) in [4.78, 5) is 26.1. The van der Waals surface area contributed by atoms with E-state index in [1.165, 1.54) is 0 Å². The van der Waals surface area contributed by atoms with E-state index in [9.17, 15) is 9.59 Å². The lowest BCUT2D eigenvalue weighted by Gasteiger charge is -2.21. The molecule has 1 aromatic carbocycles. The predicted molar refractivity (Wildman–Crippen MR) is 97.9 cm³/mol. The number of anilines is 1. The summed E-state index contributed by atoms with van der Waals surface area (Å²) < 4.78 is 10.2. The summed E-state index contributed by atoms with van der Waals surface area (Å²) in [5.41, 5.74) is 0.621. The van der Waals surface area contributed by atoms with Gasteiger partial charge in [-0.15, -0.1) is 0 Å². The number of carbonyl (C=O) groups is 2. The molecule has 0 spiro atoms. The molecule has 2 amide bonds. The number of ether oxygens (including phenoxy) is 2.